The highest BCUT2D eigenvalue weighted by atomic mass is 35.5. The molecule has 1 aromatic carbocycles. The molecule has 0 atom stereocenters. The van der Waals surface area contributed by atoms with Crippen molar-refractivity contribution in [1.29, 1.82) is 0 Å². The summed E-state index contributed by atoms with van der Waals surface area (Å²) in [6, 6.07) is 7.47. The molecule has 0 aliphatic rings. The number of hydrogen-bond donors (Lipinski definition) is 1. The molecule has 0 fully saturated rings. The second kappa shape index (κ2) is 6.49. The number of halogens is 1. The highest BCUT2D eigenvalue weighted by Gasteiger charge is 2.12. The first-order valence-corrected chi connectivity index (χ1v) is 7.79. The highest BCUT2D eigenvalue weighted by Crippen LogP contribution is 2.22. The Balaban J connectivity index is 1.76. The molecular formula is C17H17ClN4O2. The maximum Gasteiger partial charge on any atom is 0.246 e. The Morgan fingerprint density at radius 2 is 2.12 bits per heavy atom. The second-order valence-corrected chi connectivity index (χ2v) is 5.85. The average Bonchev–Trinajstić information content (AvgIpc) is 2.81. The van der Waals surface area contributed by atoms with Crippen molar-refractivity contribution in [2.75, 3.05) is 12.4 Å². The predicted molar refractivity (Wildman–Crippen MR) is 93.6 cm³/mol. The molecule has 1 amide bonds. The Morgan fingerprint density at radius 1 is 1.33 bits per heavy atom. The van der Waals surface area contributed by atoms with E-state index in [0.717, 1.165) is 22.3 Å². The van der Waals surface area contributed by atoms with Crippen molar-refractivity contribution in [3.05, 3.63) is 46.9 Å². The van der Waals surface area contributed by atoms with E-state index in [0.29, 0.717) is 16.4 Å². The maximum absolute atomic E-state index is 12.2. The molecule has 3 rings (SSSR count). The van der Waals surface area contributed by atoms with Gasteiger partial charge in [0.25, 0.3) is 0 Å². The van der Waals surface area contributed by atoms with E-state index in [2.05, 4.69) is 15.4 Å². The molecule has 124 valence electrons. The van der Waals surface area contributed by atoms with Gasteiger partial charge in [0, 0.05) is 11.5 Å². The molecule has 0 aliphatic heterocycles. The number of fused-ring (bicyclic) bond motifs is 1. The number of rotatable bonds is 4. The second-order valence-electron chi connectivity index (χ2n) is 5.47. The van der Waals surface area contributed by atoms with Gasteiger partial charge in [0.1, 0.15) is 12.3 Å². The van der Waals surface area contributed by atoms with E-state index in [1.165, 1.54) is 0 Å². The van der Waals surface area contributed by atoms with Crippen LogP contribution in [0, 0.1) is 13.8 Å². The quantitative estimate of drug-likeness (QED) is 0.788. The highest BCUT2D eigenvalue weighted by molar-refractivity contribution is 6.31. The first-order valence-electron chi connectivity index (χ1n) is 7.41. The average molecular weight is 345 g/mol. The molecule has 2 heterocycles. The van der Waals surface area contributed by atoms with Gasteiger partial charge in [-0.15, -0.1) is 0 Å². The van der Waals surface area contributed by atoms with Crippen LogP contribution in [-0.2, 0) is 11.3 Å². The largest absolute Gasteiger partial charge is 0.497 e. The molecule has 0 bridgehead atoms. The molecule has 0 aliphatic carbocycles. The van der Waals surface area contributed by atoms with E-state index in [4.69, 9.17) is 16.3 Å². The molecule has 3 aromatic rings. The number of amides is 1. The molecule has 1 N–H and O–H groups in total. The number of ether oxygens (including phenoxy) is 1. The van der Waals surface area contributed by atoms with Crippen LogP contribution in [-0.4, -0.2) is 27.8 Å². The zero-order chi connectivity index (χ0) is 17.3. The first kappa shape index (κ1) is 16.3. The molecule has 2 aromatic heterocycles. The molecule has 0 unspecified atom stereocenters. The summed E-state index contributed by atoms with van der Waals surface area (Å²) in [5.74, 6) is 0.556. The van der Waals surface area contributed by atoms with Gasteiger partial charge in [-0.1, -0.05) is 11.6 Å². The zero-order valence-electron chi connectivity index (χ0n) is 13.6. The van der Waals surface area contributed by atoms with E-state index in [1.807, 2.05) is 38.1 Å². The number of hydrogen-bond acceptors (Lipinski definition) is 4. The molecule has 0 spiro atoms. The lowest BCUT2D eigenvalue weighted by molar-refractivity contribution is -0.116. The van der Waals surface area contributed by atoms with E-state index in [1.54, 1.807) is 18.0 Å². The van der Waals surface area contributed by atoms with E-state index in [9.17, 15) is 4.79 Å². The minimum absolute atomic E-state index is 0.0973. The molecule has 0 radical (unpaired) electrons. The number of carbonyl (C=O) groups excluding carboxylic acids is 1. The van der Waals surface area contributed by atoms with Crippen LogP contribution >= 0.6 is 11.6 Å². The molecule has 0 saturated carbocycles. The lowest BCUT2D eigenvalue weighted by Gasteiger charge is -2.08. The van der Waals surface area contributed by atoms with Crippen LogP contribution in [0.1, 0.15) is 11.4 Å². The number of pyridine rings is 1. The van der Waals surface area contributed by atoms with Gasteiger partial charge in [0.15, 0.2) is 0 Å². The summed E-state index contributed by atoms with van der Waals surface area (Å²) in [6.45, 7) is 3.74. The fraction of sp³-hybridized carbons (Fsp3) is 0.235. The number of nitrogens with zero attached hydrogens (tertiary/aromatic N) is 3. The smallest absolute Gasteiger partial charge is 0.246 e. The number of anilines is 1. The Kier molecular flexibility index (Phi) is 4.40. The van der Waals surface area contributed by atoms with Gasteiger partial charge in [0.05, 0.1) is 40.9 Å². The standard InChI is InChI=1S/C17H17ClN4O2/c1-10-17(18)11(2)22(21-10)9-16(23)20-13-6-12-4-5-14(24-3)7-15(12)19-8-13/h4-8H,9H2,1-3H3,(H,20,23). The number of aryl methyl sites for hydroxylation is 1. The lowest BCUT2D eigenvalue weighted by Crippen LogP contribution is -2.20. The summed E-state index contributed by atoms with van der Waals surface area (Å²) in [4.78, 5) is 16.6. The lowest BCUT2D eigenvalue weighted by atomic mass is 10.2. The normalized spacial score (nSPS) is 10.8. The van der Waals surface area contributed by atoms with Crippen LogP contribution in [0.3, 0.4) is 0 Å². The minimum atomic E-state index is -0.188. The fourth-order valence-electron chi connectivity index (χ4n) is 2.46. The Bertz CT molecular complexity index is 920. The molecule has 7 heteroatoms. The molecule has 0 saturated heterocycles. The minimum Gasteiger partial charge on any atom is -0.497 e. The van der Waals surface area contributed by atoms with Crippen molar-refractivity contribution in [1.82, 2.24) is 14.8 Å². The van der Waals surface area contributed by atoms with Gasteiger partial charge >= 0.3 is 0 Å². The maximum atomic E-state index is 12.2. The molecular weight excluding hydrogens is 328 g/mol. The van der Waals surface area contributed by atoms with Crippen LogP contribution in [0.5, 0.6) is 5.75 Å². The Hall–Kier alpha value is -2.60. The summed E-state index contributed by atoms with van der Waals surface area (Å²) >= 11 is 6.10. The number of aromatic nitrogens is 3. The van der Waals surface area contributed by atoms with Gasteiger partial charge in [-0.25, -0.2) is 0 Å². The summed E-state index contributed by atoms with van der Waals surface area (Å²) in [7, 11) is 1.61. The van der Waals surface area contributed by atoms with Crippen molar-refractivity contribution in [3.63, 3.8) is 0 Å². The predicted octanol–water partition coefficient (Wildman–Crippen LogP) is 3.35. The third-order valence-electron chi connectivity index (χ3n) is 3.76. The van der Waals surface area contributed by atoms with E-state index < -0.39 is 0 Å². The molecule has 24 heavy (non-hydrogen) atoms. The van der Waals surface area contributed by atoms with Crippen LogP contribution < -0.4 is 10.1 Å². The van der Waals surface area contributed by atoms with Crippen molar-refractivity contribution in [3.8, 4) is 5.75 Å². The topological polar surface area (TPSA) is 69.0 Å². The van der Waals surface area contributed by atoms with Crippen molar-refractivity contribution in [2.24, 2.45) is 0 Å². The number of methoxy groups -OCH3 is 1. The first-order chi connectivity index (χ1) is 11.5. The van der Waals surface area contributed by atoms with Crippen LogP contribution in [0.2, 0.25) is 5.02 Å². The third-order valence-corrected chi connectivity index (χ3v) is 4.31. The summed E-state index contributed by atoms with van der Waals surface area (Å²) < 4.78 is 6.77. The Labute approximate surface area is 144 Å². The van der Waals surface area contributed by atoms with Gasteiger partial charge in [-0.3, -0.25) is 14.5 Å². The van der Waals surface area contributed by atoms with Crippen molar-refractivity contribution >= 4 is 34.1 Å². The fourth-order valence-corrected chi connectivity index (χ4v) is 2.60. The zero-order valence-corrected chi connectivity index (χ0v) is 14.4. The summed E-state index contributed by atoms with van der Waals surface area (Å²) in [6.07, 6.45) is 1.62. The van der Waals surface area contributed by atoms with Gasteiger partial charge in [-0.05, 0) is 32.0 Å². The molecule has 6 nitrogen and oxygen atoms in total. The van der Waals surface area contributed by atoms with Gasteiger partial charge < -0.3 is 10.1 Å². The van der Waals surface area contributed by atoms with Crippen LogP contribution in [0.25, 0.3) is 10.9 Å². The third kappa shape index (κ3) is 3.19. The Morgan fingerprint density at radius 3 is 2.79 bits per heavy atom. The SMILES string of the molecule is COc1ccc2cc(NC(=O)Cn3nc(C)c(Cl)c3C)cnc2c1. The monoisotopic (exact) mass is 344 g/mol. The van der Waals surface area contributed by atoms with Crippen LogP contribution in [0.4, 0.5) is 5.69 Å². The number of nitrogens with one attached hydrogen (secondary N) is 1. The van der Waals surface area contributed by atoms with Gasteiger partial charge in [0.2, 0.25) is 5.91 Å². The number of carbonyl (C=O) groups is 1. The van der Waals surface area contributed by atoms with Crippen molar-refractivity contribution < 1.29 is 9.53 Å². The van der Waals surface area contributed by atoms with Gasteiger partial charge in [-0.2, -0.15) is 5.10 Å². The van der Waals surface area contributed by atoms with E-state index in [-0.39, 0.29) is 12.5 Å². The summed E-state index contributed by atoms with van der Waals surface area (Å²) in [5.41, 5.74) is 2.92. The van der Waals surface area contributed by atoms with Crippen LogP contribution in [0.15, 0.2) is 30.5 Å². The summed E-state index contributed by atoms with van der Waals surface area (Å²) in [5, 5.41) is 8.59. The van der Waals surface area contributed by atoms with E-state index >= 15 is 0 Å². The number of benzene rings is 1. The van der Waals surface area contributed by atoms with Crippen molar-refractivity contribution in [2.45, 2.75) is 20.4 Å².